The largest absolute Gasteiger partial charge is 0.476 e. The van der Waals surface area contributed by atoms with Crippen molar-refractivity contribution in [1.82, 2.24) is 10.4 Å². The van der Waals surface area contributed by atoms with Crippen LogP contribution in [0.1, 0.15) is 12.6 Å². The summed E-state index contributed by atoms with van der Waals surface area (Å²) >= 11 is 0. The van der Waals surface area contributed by atoms with Crippen LogP contribution >= 0.6 is 0 Å². The Morgan fingerprint density at radius 3 is 3.00 bits per heavy atom. The molecule has 0 saturated heterocycles. The van der Waals surface area contributed by atoms with Gasteiger partial charge in [0.1, 0.15) is 5.57 Å². The molecule has 0 radical (unpaired) electrons. The van der Waals surface area contributed by atoms with Gasteiger partial charge < -0.3 is 9.72 Å². The Balaban J connectivity index is 1.99. The average molecular weight is 255 g/mol. The first-order valence-electron chi connectivity index (χ1n) is 6.08. The topological polar surface area (TPSA) is 66.5 Å². The summed E-state index contributed by atoms with van der Waals surface area (Å²) in [6.45, 7) is 2.32. The van der Waals surface area contributed by atoms with Crippen LogP contribution in [0.4, 0.5) is 0 Å². The molecule has 2 aromatic rings. The van der Waals surface area contributed by atoms with E-state index in [2.05, 4.69) is 15.5 Å². The molecule has 0 saturated carbocycles. The van der Waals surface area contributed by atoms with Gasteiger partial charge in [0.15, 0.2) is 0 Å². The molecule has 3 rings (SSSR count). The lowest BCUT2D eigenvalue weighted by molar-refractivity contribution is -0.116. The number of nitrogens with one attached hydrogen (secondary N) is 2. The number of ether oxygens (including phenoxy) is 1. The van der Waals surface area contributed by atoms with Gasteiger partial charge in [-0.3, -0.25) is 4.79 Å². The molecular formula is C14H13N3O2. The van der Waals surface area contributed by atoms with Crippen LogP contribution in [0.5, 0.6) is 0 Å². The Kier molecular flexibility index (Phi) is 2.79. The van der Waals surface area contributed by atoms with Gasteiger partial charge in [0.25, 0.3) is 5.91 Å². The Hall–Kier alpha value is -2.56. The van der Waals surface area contributed by atoms with Gasteiger partial charge in [-0.1, -0.05) is 18.2 Å². The van der Waals surface area contributed by atoms with Gasteiger partial charge in [0.05, 0.1) is 6.61 Å². The summed E-state index contributed by atoms with van der Waals surface area (Å²) in [6.07, 6.45) is 1.75. The van der Waals surface area contributed by atoms with Crippen LogP contribution in [0.15, 0.2) is 41.0 Å². The van der Waals surface area contributed by atoms with E-state index in [0.717, 1.165) is 16.6 Å². The number of benzene rings is 1. The van der Waals surface area contributed by atoms with E-state index in [1.165, 1.54) is 0 Å². The van der Waals surface area contributed by atoms with Gasteiger partial charge in [-0.2, -0.15) is 0 Å². The minimum absolute atomic E-state index is 0.248. The van der Waals surface area contributed by atoms with Gasteiger partial charge >= 0.3 is 0 Å². The second kappa shape index (κ2) is 4.61. The number of hydrogen-bond donors (Lipinski definition) is 2. The molecule has 0 fully saturated rings. The monoisotopic (exact) mass is 255 g/mol. The smallest absolute Gasteiger partial charge is 0.277 e. The summed E-state index contributed by atoms with van der Waals surface area (Å²) in [4.78, 5) is 14.9. The number of aromatic nitrogens is 1. The Morgan fingerprint density at radius 1 is 1.37 bits per heavy atom. The van der Waals surface area contributed by atoms with Crippen molar-refractivity contribution < 1.29 is 9.53 Å². The molecule has 5 nitrogen and oxygen atoms in total. The van der Waals surface area contributed by atoms with Crippen molar-refractivity contribution in [3.63, 3.8) is 0 Å². The number of carbonyl (C=O) groups is 1. The molecule has 1 aliphatic heterocycles. The molecule has 1 aromatic carbocycles. The summed E-state index contributed by atoms with van der Waals surface area (Å²) in [6, 6.07) is 9.93. The van der Waals surface area contributed by atoms with Crippen molar-refractivity contribution >= 4 is 28.8 Å². The highest BCUT2D eigenvalue weighted by atomic mass is 16.5. The maximum Gasteiger partial charge on any atom is 0.277 e. The van der Waals surface area contributed by atoms with Crippen molar-refractivity contribution in [2.24, 2.45) is 5.10 Å². The van der Waals surface area contributed by atoms with Crippen LogP contribution < -0.4 is 5.43 Å². The number of amides is 1. The highest BCUT2D eigenvalue weighted by Crippen LogP contribution is 2.18. The van der Waals surface area contributed by atoms with E-state index < -0.39 is 0 Å². The zero-order valence-electron chi connectivity index (χ0n) is 10.4. The highest BCUT2D eigenvalue weighted by Gasteiger charge is 2.24. The first-order chi connectivity index (χ1) is 9.28. The van der Waals surface area contributed by atoms with E-state index in [1.807, 2.05) is 37.3 Å². The van der Waals surface area contributed by atoms with E-state index in [1.54, 1.807) is 6.08 Å². The van der Waals surface area contributed by atoms with Gasteiger partial charge in [-0.15, -0.1) is 5.10 Å². The van der Waals surface area contributed by atoms with E-state index in [-0.39, 0.29) is 5.91 Å². The zero-order chi connectivity index (χ0) is 13.2. The molecule has 0 spiro atoms. The molecule has 19 heavy (non-hydrogen) atoms. The van der Waals surface area contributed by atoms with Crippen molar-refractivity contribution in [3.8, 4) is 0 Å². The van der Waals surface area contributed by atoms with Crippen LogP contribution in [0.25, 0.3) is 17.0 Å². The lowest BCUT2D eigenvalue weighted by Gasteiger charge is -2.00. The standard InChI is InChI=1S/C14H13N3O2/c1-2-19-14-11(13(18)16-17-14)8-10-7-9-5-3-4-6-12(9)15-10/h3-8,15H,2H2,1H3,(H,16,18). The molecule has 1 aliphatic rings. The third kappa shape index (κ3) is 2.10. The molecule has 1 amide bonds. The lowest BCUT2D eigenvalue weighted by Crippen LogP contribution is -2.14. The van der Waals surface area contributed by atoms with Crippen molar-refractivity contribution in [2.75, 3.05) is 6.61 Å². The maximum atomic E-state index is 11.7. The van der Waals surface area contributed by atoms with Gasteiger partial charge in [0, 0.05) is 11.2 Å². The van der Waals surface area contributed by atoms with Gasteiger partial charge in [-0.05, 0) is 30.5 Å². The first kappa shape index (κ1) is 11.5. The number of hydrazone groups is 1. The summed E-state index contributed by atoms with van der Waals surface area (Å²) in [5, 5.41) is 4.95. The fraction of sp³-hybridized carbons (Fsp3) is 0.143. The van der Waals surface area contributed by atoms with E-state index in [4.69, 9.17) is 4.74 Å². The van der Waals surface area contributed by atoms with Crippen LogP contribution in [0.2, 0.25) is 0 Å². The number of aromatic amines is 1. The molecule has 0 atom stereocenters. The van der Waals surface area contributed by atoms with Gasteiger partial charge in [-0.25, -0.2) is 5.43 Å². The molecule has 1 aromatic heterocycles. The summed E-state index contributed by atoms with van der Waals surface area (Å²) in [5.41, 5.74) is 4.72. The third-order valence-electron chi connectivity index (χ3n) is 2.87. The Bertz CT molecular complexity index is 665. The maximum absolute atomic E-state index is 11.7. The SMILES string of the molecule is CCOC1=NNC(=O)C1=Cc1cc2ccccc2[nH]1. The van der Waals surface area contributed by atoms with Crippen LogP contribution in [-0.2, 0) is 9.53 Å². The highest BCUT2D eigenvalue weighted by molar-refractivity contribution is 6.24. The minimum atomic E-state index is -0.248. The predicted octanol–water partition coefficient (Wildman–Crippen LogP) is 2.03. The quantitative estimate of drug-likeness (QED) is 0.806. The number of H-pyrrole nitrogens is 1. The molecule has 0 aliphatic carbocycles. The number of carbonyl (C=O) groups excluding carboxylic acids is 1. The van der Waals surface area contributed by atoms with Crippen molar-refractivity contribution in [3.05, 3.63) is 41.6 Å². The number of para-hydroxylation sites is 1. The second-order valence-electron chi connectivity index (χ2n) is 4.16. The van der Waals surface area contributed by atoms with E-state index >= 15 is 0 Å². The summed E-state index contributed by atoms with van der Waals surface area (Å²) in [7, 11) is 0. The van der Waals surface area contributed by atoms with Gasteiger partial charge in [0.2, 0.25) is 5.90 Å². The predicted molar refractivity (Wildman–Crippen MR) is 73.5 cm³/mol. The van der Waals surface area contributed by atoms with Crippen molar-refractivity contribution in [1.29, 1.82) is 0 Å². The van der Waals surface area contributed by atoms with Crippen LogP contribution in [0, 0.1) is 0 Å². The third-order valence-corrected chi connectivity index (χ3v) is 2.87. The van der Waals surface area contributed by atoms with Crippen molar-refractivity contribution in [2.45, 2.75) is 6.92 Å². The molecule has 2 heterocycles. The van der Waals surface area contributed by atoms with Crippen LogP contribution in [-0.4, -0.2) is 23.4 Å². The number of rotatable bonds is 2. The minimum Gasteiger partial charge on any atom is -0.476 e. The molecule has 5 heteroatoms. The summed E-state index contributed by atoms with van der Waals surface area (Å²) < 4.78 is 5.32. The Labute approximate surface area is 110 Å². The summed E-state index contributed by atoms with van der Waals surface area (Å²) in [5.74, 6) is 0.0910. The fourth-order valence-electron chi connectivity index (χ4n) is 2.02. The Morgan fingerprint density at radius 2 is 2.21 bits per heavy atom. The number of nitrogens with zero attached hydrogens (tertiary/aromatic N) is 1. The molecule has 0 unspecified atom stereocenters. The molecule has 0 bridgehead atoms. The number of hydrogen-bond acceptors (Lipinski definition) is 3. The second-order valence-corrected chi connectivity index (χ2v) is 4.16. The molecule has 96 valence electrons. The first-order valence-corrected chi connectivity index (χ1v) is 6.08. The van der Waals surface area contributed by atoms with E-state index in [0.29, 0.717) is 18.1 Å². The zero-order valence-corrected chi connectivity index (χ0v) is 10.4. The molecular weight excluding hydrogens is 242 g/mol. The normalized spacial score (nSPS) is 16.8. The van der Waals surface area contributed by atoms with Crippen LogP contribution in [0.3, 0.4) is 0 Å². The average Bonchev–Trinajstić information content (AvgIpc) is 2.96. The fourth-order valence-corrected chi connectivity index (χ4v) is 2.02. The lowest BCUT2D eigenvalue weighted by atomic mass is 10.2. The van der Waals surface area contributed by atoms with E-state index in [9.17, 15) is 4.79 Å². The number of fused-ring (bicyclic) bond motifs is 1. The molecule has 2 N–H and O–H groups in total.